The van der Waals surface area contributed by atoms with Crippen LogP contribution in [0.15, 0.2) is 47.5 Å². The summed E-state index contributed by atoms with van der Waals surface area (Å²) < 4.78 is 17.3. The van der Waals surface area contributed by atoms with Gasteiger partial charge in [0, 0.05) is 45.0 Å². The van der Waals surface area contributed by atoms with Gasteiger partial charge in [-0.3, -0.25) is 15.1 Å². The number of hydrogen-bond donors (Lipinski definition) is 6. The highest BCUT2D eigenvalue weighted by Gasteiger charge is 2.47. The third-order valence-electron chi connectivity index (χ3n) is 11.6. The first-order chi connectivity index (χ1) is 25.4. The summed E-state index contributed by atoms with van der Waals surface area (Å²) in [6, 6.07) is 12.2. The van der Waals surface area contributed by atoms with Gasteiger partial charge in [0.25, 0.3) is 0 Å². The summed E-state index contributed by atoms with van der Waals surface area (Å²) in [6.07, 6.45) is 10.0. The first kappa shape index (κ1) is 40.0. The van der Waals surface area contributed by atoms with E-state index in [0.29, 0.717) is 61.8 Å². The van der Waals surface area contributed by atoms with Gasteiger partial charge in [-0.05, 0) is 117 Å². The van der Waals surface area contributed by atoms with Crippen LogP contribution < -0.4 is 25.4 Å². The molecule has 6 N–H and O–H groups in total. The number of nitrogens with zero attached hydrogens (tertiary/aromatic N) is 1. The van der Waals surface area contributed by atoms with Crippen molar-refractivity contribution in [2.75, 3.05) is 40.2 Å². The van der Waals surface area contributed by atoms with Crippen LogP contribution >= 0.6 is 0 Å². The molecule has 3 aliphatic rings. The van der Waals surface area contributed by atoms with Gasteiger partial charge in [0.2, 0.25) is 5.96 Å². The first-order valence-corrected chi connectivity index (χ1v) is 18.9. The smallest absolute Gasteiger partial charge is 0.207 e. The van der Waals surface area contributed by atoms with Gasteiger partial charge in [-0.25, -0.2) is 0 Å². The Labute approximate surface area is 314 Å². The third-order valence-corrected chi connectivity index (χ3v) is 11.6. The number of ketones is 1. The molecule has 2 aromatic carbocycles. The highest BCUT2D eigenvalue weighted by molar-refractivity contribution is 5.97. The summed E-state index contributed by atoms with van der Waals surface area (Å²) in [6.45, 7) is 4.88. The lowest BCUT2D eigenvalue weighted by atomic mass is 9.68. The quantitative estimate of drug-likeness (QED) is 0.0934. The molecule has 0 amide bonds. The second-order valence-corrected chi connectivity index (χ2v) is 15.4. The SMILES string of the molecule is CN=C1NC#CC[C@@H]2CCC[C@@]2(Cc2ccc(O)c(OC)c2)C(=O)C=C[C@@H](C(C)C)Cc2cc(c(O)c(O[C@@]3(CNC)CC[C@H](C[C@H](O)OC)C3)c2)N1. The van der Waals surface area contributed by atoms with E-state index in [1.54, 1.807) is 19.2 Å². The zero-order valence-corrected chi connectivity index (χ0v) is 32.1. The molecule has 0 spiro atoms. The summed E-state index contributed by atoms with van der Waals surface area (Å²) in [7, 11) is 6.57. The van der Waals surface area contributed by atoms with Gasteiger partial charge in [0.1, 0.15) is 5.60 Å². The van der Waals surface area contributed by atoms with Crippen molar-refractivity contribution in [3.05, 3.63) is 53.6 Å². The maximum atomic E-state index is 14.5. The molecule has 2 bridgehead atoms. The average Bonchev–Trinajstić information content (AvgIpc) is 3.73. The normalized spacial score (nSPS) is 27.4. The van der Waals surface area contributed by atoms with Crippen molar-refractivity contribution in [2.45, 2.75) is 89.9 Å². The molecule has 11 nitrogen and oxygen atoms in total. The number of methoxy groups -OCH3 is 2. The van der Waals surface area contributed by atoms with Crippen LogP contribution in [0.3, 0.4) is 0 Å². The van der Waals surface area contributed by atoms with Crippen molar-refractivity contribution in [1.29, 1.82) is 0 Å². The van der Waals surface area contributed by atoms with Crippen molar-refractivity contribution in [3.63, 3.8) is 0 Å². The van der Waals surface area contributed by atoms with Gasteiger partial charge in [-0.15, -0.1) is 0 Å². The topological polar surface area (TPSA) is 154 Å². The van der Waals surface area contributed by atoms with Crippen LogP contribution in [0.25, 0.3) is 0 Å². The van der Waals surface area contributed by atoms with Crippen LogP contribution in [0.5, 0.6) is 23.0 Å². The molecule has 2 fully saturated rings. The number of anilines is 1. The number of phenols is 2. The predicted molar refractivity (Wildman–Crippen MR) is 207 cm³/mol. The average molecular weight is 731 g/mol. The summed E-state index contributed by atoms with van der Waals surface area (Å²) in [5, 5.41) is 41.7. The number of aliphatic hydroxyl groups excluding tert-OH is 1. The van der Waals surface area contributed by atoms with Crippen molar-refractivity contribution in [3.8, 4) is 35.0 Å². The second-order valence-electron chi connectivity index (χ2n) is 15.4. The molecule has 0 aromatic heterocycles. The molecule has 0 saturated heterocycles. The van der Waals surface area contributed by atoms with E-state index in [-0.39, 0.29) is 41.0 Å². The van der Waals surface area contributed by atoms with E-state index in [1.807, 2.05) is 31.3 Å². The molecule has 1 heterocycles. The minimum absolute atomic E-state index is 0.0117. The molecule has 2 aromatic rings. The number of carbonyl (C=O) groups excluding carboxylic acids is 1. The molecule has 288 valence electrons. The molecular formula is C42H58N4O7. The molecule has 11 heteroatoms. The van der Waals surface area contributed by atoms with Gasteiger partial charge in [0.05, 0.1) is 12.8 Å². The Balaban J connectivity index is 1.52. The number of hydrogen-bond acceptors (Lipinski definition) is 9. The lowest BCUT2D eigenvalue weighted by Gasteiger charge is -2.33. The number of rotatable bonds is 11. The lowest BCUT2D eigenvalue weighted by Crippen LogP contribution is -2.43. The Morgan fingerprint density at radius 1 is 1.11 bits per heavy atom. The molecule has 53 heavy (non-hydrogen) atoms. The van der Waals surface area contributed by atoms with Crippen molar-refractivity contribution in [2.24, 2.45) is 34.1 Å². The Bertz CT molecular complexity index is 1710. The van der Waals surface area contributed by atoms with Crippen molar-refractivity contribution < 1.29 is 34.3 Å². The zero-order chi connectivity index (χ0) is 38.2. The minimum Gasteiger partial charge on any atom is -0.504 e. The van der Waals surface area contributed by atoms with Gasteiger partial charge in [-0.2, -0.15) is 0 Å². The molecule has 0 radical (unpaired) electrons. The number of nitrogens with one attached hydrogen (secondary N) is 3. The highest BCUT2D eigenvalue weighted by atomic mass is 16.6. The number of aromatic hydroxyl groups is 2. The minimum atomic E-state index is -0.834. The van der Waals surface area contributed by atoms with Gasteiger partial charge in [0.15, 0.2) is 35.1 Å². The number of ether oxygens (including phenoxy) is 3. The van der Waals surface area contributed by atoms with Crippen molar-refractivity contribution >= 4 is 17.4 Å². The van der Waals surface area contributed by atoms with Gasteiger partial charge < -0.3 is 40.2 Å². The second kappa shape index (κ2) is 17.7. The Morgan fingerprint density at radius 2 is 1.92 bits per heavy atom. The molecule has 2 aliphatic carbocycles. The monoisotopic (exact) mass is 730 g/mol. The van der Waals surface area contributed by atoms with Crippen LogP contribution in [0.1, 0.15) is 76.3 Å². The fraction of sp³-hybridized carbons (Fsp3) is 0.571. The third kappa shape index (κ3) is 9.47. The van der Waals surface area contributed by atoms with Gasteiger partial charge >= 0.3 is 0 Å². The van der Waals surface area contributed by atoms with Crippen LogP contribution in [-0.4, -0.2) is 73.8 Å². The number of guanidine groups is 1. The van der Waals surface area contributed by atoms with E-state index in [0.717, 1.165) is 43.2 Å². The molecule has 2 saturated carbocycles. The Hall–Kier alpha value is -4.24. The largest absolute Gasteiger partial charge is 0.504 e. The van der Waals surface area contributed by atoms with E-state index in [9.17, 15) is 20.1 Å². The fourth-order valence-corrected chi connectivity index (χ4v) is 8.59. The van der Waals surface area contributed by atoms with Crippen molar-refractivity contribution in [1.82, 2.24) is 10.6 Å². The van der Waals surface area contributed by atoms with E-state index >= 15 is 0 Å². The maximum Gasteiger partial charge on any atom is 0.207 e. The zero-order valence-electron chi connectivity index (χ0n) is 32.1. The van der Waals surface area contributed by atoms with Crippen LogP contribution in [0.4, 0.5) is 5.69 Å². The molecule has 6 atom stereocenters. The number of aliphatic imine (C=N–C) groups is 1. The predicted octanol–water partition coefficient (Wildman–Crippen LogP) is 5.92. The summed E-state index contributed by atoms with van der Waals surface area (Å²) in [5.41, 5.74) is 1.05. The molecule has 5 rings (SSSR count). The first-order valence-electron chi connectivity index (χ1n) is 18.9. The summed E-state index contributed by atoms with van der Waals surface area (Å²) in [4.78, 5) is 18.9. The van der Waals surface area contributed by atoms with E-state index < -0.39 is 17.3 Å². The van der Waals surface area contributed by atoms with Crippen LogP contribution in [0, 0.1) is 41.1 Å². The Kier molecular flexibility index (Phi) is 13.4. The summed E-state index contributed by atoms with van der Waals surface area (Å²) in [5.74, 6) is 4.97. The van der Waals surface area contributed by atoms with E-state index in [4.69, 9.17) is 14.2 Å². The number of allylic oxidation sites excluding steroid dienone is 2. The fourth-order valence-electron chi connectivity index (χ4n) is 8.59. The number of likely N-dealkylation sites (N-methyl/N-ethyl adjacent to an activating group) is 1. The summed E-state index contributed by atoms with van der Waals surface area (Å²) >= 11 is 0. The van der Waals surface area contributed by atoms with E-state index in [1.165, 1.54) is 14.2 Å². The number of fused-ring (bicyclic) bond motifs is 3. The van der Waals surface area contributed by atoms with E-state index in [2.05, 4.69) is 52.8 Å². The van der Waals surface area contributed by atoms with Gasteiger partial charge in [-0.1, -0.05) is 38.3 Å². The number of phenolic OH excluding ortho intramolecular Hbond substituents is 2. The molecular weight excluding hydrogens is 672 g/mol. The van der Waals surface area contributed by atoms with Crippen LogP contribution in [0.2, 0.25) is 0 Å². The van der Waals surface area contributed by atoms with Crippen LogP contribution in [-0.2, 0) is 22.4 Å². The number of benzene rings is 2. The number of carbonyl (C=O) groups is 1. The molecule has 0 unspecified atom stereocenters. The number of aliphatic hydroxyl groups is 1. The Morgan fingerprint density at radius 3 is 2.64 bits per heavy atom. The standard InChI is InChI=1S/C42H58N4O7/c1-27(2)31-12-14-37(48)42(25-28-11-13-34(47)35(21-28)51-5)16-7-9-32(42)10-8-18-45-40(44-4)46-33-20-30(19-31)22-36(39(33)50)53-41(26-43-3)17-15-29(24-41)23-38(49)52-6/h11-14,20-22,27,29,31-32,38,43,47,49-50H,7,9-10,15-17,19,23-26H2,1-6H3,(H2,44,45,46)/t29-,31-,32+,38-,41+,42+/m1/s1. The highest BCUT2D eigenvalue weighted by Crippen LogP contribution is 2.49. The maximum absolute atomic E-state index is 14.5. The molecule has 1 aliphatic heterocycles. The lowest BCUT2D eigenvalue weighted by molar-refractivity contribution is -0.125.